The van der Waals surface area contributed by atoms with Crippen LogP contribution in [0.4, 0.5) is 4.79 Å². The molecule has 0 spiro atoms. The lowest BCUT2D eigenvalue weighted by atomic mass is 9.97. The van der Waals surface area contributed by atoms with Gasteiger partial charge in [-0.2, -0.15) is 0 Å². The molecule has 20 heavy (non-hydrogen) atoms. The fraction of sp³-hybridized carbons (Fsp3) is 0.769. The Bertz CT molecular complexity index is 347. The largest absolute Gasteiger partial charge is 0.481 e. The van der Waals surface area contributed by atoms with Gasteiger partial charge in [0.2, 0.25) is 5.91 Å². The van der Waals surface area contributed by atoms with Crippen LogP contribution in [0.1, 0.15) is 46.5 Å². The summed E-state index contributed by atoms with van der Waals surface area (Å²) in [5.74, 6) is -1.45. The first kappa shape index (κ1) is 18.2. The van der Waals surface area contributed by atoms with Crippen LogP contribution in [0.3, 0.4) is 0 Å². The lowest BCUT2D eigenvalue weighted by Crippen LogP contribution is -2.54. The Morgan fingerprint density at radius 3 is 2.20 bits per heavy atom. The Balaban J connectivity index is 4.76. The summed E-state index contributed by atoms with van der Waals surface area (Å²) in [4.78, 5) is 33.9. The van der Waals surface area contributed by atoms with Crippen molar-refractivity contribution in [1.29, 1.82) is 0 Å². The van der Waals surface area contributed by atoms with Crippen molar-refractivity contribution in [2.75, 3.05) is 0 Å². The third-order valence-corrected chi connectivity index (χ3v) is 3.20. The summed E-state index contributed by atoms with van der Waals surface area (Å²) in [5.41, 5.74) is 5.07. The second-order valence-electron chi connectivity index (χ2n) is 4.96. The minimum Gasteiger partial charge on any atom is -0.481 e. The highest BCUT2D eigenvalue weighted by Crippen LogP contribution is 2.10. The number of carbonyl (C=O) groups is 3. The zero-order valence-electron chi connectivity index (χ0n) is 12.3. The van der Waals surface area contributed by atoms with Gasteiger partial charge in [0.05, 0.1) is 6.42 Å². The van der Waals surface area contributed by atoms with Gasteiger partial charge in [0.1, 0.15) is 6.04 Å². The molecule has 0 aliphatic carbocycles. The Labute approximate surface area is 119 Å². The van der Waals surface area contributed by atoms with Crippen molar-refractivity contribution in [2.24, 2.45) is 11.7 Å². The van der Waals surface area contributed by atoms with Crippen molar-refractivity contribution >= 4 is 17.9 Å². The molecule has 3 amide bonds. The fourth-order valence-electron chi connectivity index (χ4n) is 1.93. The van der Waals surface area contributed by atoms with E-state index >= 15 is 0 Å². The number of nitrogens with one attached hydrogen (secondary N) is 2. The minimum absolute atomic E-state index is 0.0883. The smallest absolute Gasteiger partial charge is 0.312 e. The average Bonchev–Trinajstić information content (AvgIpc) is 2.34. The van der Waals surface area contributed by atoms with Crippen molar-refractivity contribution in [1.82, 2.24) is 10.6 Å². The van der Waals surface area contributed by atoms with Crippen molar-refractivity contribution in [3.63, 3.8) is 0 Å². The predicted molar refractivity (Wildman–Crippen MR) is 75.1 cm³/mol. The van der Waals surface area contributed by atoms with Crippen LogP contribution in [0.25, 0.3) is 0 Å². The van der Waals surface area contributed by atoms with E-state index in [1.165, 1.54) is 0 Å². The van der Waals surface area contributed by atoms with Crippen LogP contribution in [-0.4, -0.2) is 35.1 Å². The Hall–Kier alpha value is -1.79. The summed E-state index contributed by atoms with van der Waals surface area (Å²) in [6.07, 6.45) is 1.89. The molecule has 0 saturated carbocycles. The molecule has 0 rings (SSSR count). The molecule has 3 atom stereocenters. The number of hydrogen-bond acceptors (Lipinski definition) is 3. The molecule has 0 aliphatic heterocycles. The first-order valence-corrected chi connectivity index (χ1v) is 6.89. The summed E-state index contributed by atoms with van der Waals surface area (Å²) < 4.78 is 0. The molecular weight excluding hydrogens is 262 g/mol. The maximum atomic E-state index is 12.2. The number of primary amides is 1. The third-order valence-electron chi connectivity index (χ3n) is 3.20. The standard InChI is InChI=1S/C13H25N3O4/c1-4-6-9(7-10(17)18)15-12(19)11(8(3)5-2)16-13(14)20/h8-9,11H,4-7H2,1-3H3,(H,15,19)(H,17,18)(H3,14,16,20). The number of hydrogen-bond donors (Lipinski definition) is 4. The molecule has 0 fully saturated rings. The molecule has 0 saturated heterocycles. The number of carboxylic acids is 1. The normalized spacial score (nSPS) is 14.9. The number of rotatable bonds is 9. The van der Waals surface area contributed by atoms with E-state index in [2.05, 4.69) is 10.6 Å². The van der Waals surface area contributed by atoms with E-state index in [4.69, 9.17) is 10.8 Å². The second-order valence-corrected chi connectivity index (χ2v) is 4.96. The summed E-state index contributed by atoms with van der Waals surface area (Å²) in [5, 5.41) is 13.9. The van der Waals surface area contributed by atoms with E-state index in [9.17, 15) is 14.4 Å². The second kappa shape index (κ2) is 9.17. The van der Waals surface area contributed by atoms with E-state index in [1.54, 1.807) is 0 Å². The monoisotopic (exact) mass is 287 g/mol. The lowest BCUT2D eigenvalue weighted by molar-refractivity contribution is -0.137. The maximum absolute atomic E-state index is 12.2. The first-order chi connectivity index (χ1) is 9.31. The molecule has 0 radical (unpaired) electrons. The molecule has 0 aromatic rings. The topological polar surface area (TPSA) is 122 Å². The van der Waals surface area contributed by atoms with Crippen molar-refractivity contribution in [3.05, 3.63) is 0 Å². The van der Waals surface area contributed by atoms with Gasteiger partial charge >= 0.3 is 12.0 Å². The van der Waals surface area contributed by atoms with Gasteiger partial charge in [0.15, 0.2) is 0 Å². The van der Waals surface area contributed by atoms with Crippen LogP contribution >= 0.6 is 0 Å². The average molecular weight is 287 g/mol. The van der Waals surface area contributed by atoms with Gasteiger partial charge in [-0.1, -0.05) is 33.6 Å². The van der Waals surface area contributed by atoms with Gasteiger partial charge in [-0.3, -0.25) is 9.59 Å². The van der Waals surface area contributed by atoms with Crippen LogP contribution in [0, 0.1) is 5.92 Å². The molecule has 3 unspecified atom stereocenters. The molecule has 7 nitrogen and oxygen atoms in total. The molecule has 116 valence electrons. The first-order valence-electron chi connectivity index (χ1n) is 6.89. The maximum Gasteiger partial charge on any atom is 0.312 e. The van der Waals surface area contributed by atoms with Gasteiger partial charge in [0.25, 0.3) is 0 Å². The Morgan fingerprint density at radius 1 is 1.20 bits per heavy atom. The zero-order chi connectivity index (χ0) is 15.7. The molecule has 0 heterocycles. The number of carbonyl (C=O) groups excluding carboxylic acids is 2. The summed E-state index contributed by atoms with van der Waals surface area (Å²) >= 11 is 0. The van der Waals surface area contributed by atoms with Crippen LogP contribution in [0.5, 0.6) is 0 Å². The van der Waals surface area contributed by atoms with Gasteiger partial charge in [-0.25, -0.2) is 4.79 Å². The molecule has 0 aromatic carbocycles. The highest BCUT2D eigenvalue weighted by molar-refractivity contribution is 5.87. The van der Waals surface area contributed by atoms with Crippen LogP contribution in [0.2, 0.25) is 0 Å². The minimum atomic E-state index is -0.966. The highest BCUT2D eigenvalue weighted by atomic mass is 16.4. The van der Waals surface area contributed by atoms with Gasteiger partial charge in [0, 0.05) is 6.04 Å². The number of nitrogens with two attached hydrogens (primary N) is 1. The van der Waals surface area contributed by atoms with Crippen LogP contribution < -0.4 is 16.4 Å². The van der Waals surface area contributed by atoms with Gasteiger partial charge < -0.3 is 21.5 Å². The fourth-order valence-corrected chi connectivity index (χ4v) is 1.93. The Kier molecular flexibility index (Phi) is 8.35. The summed E-state index contributed by atoms with van der Waals surface area (Å²) in [7, 11) is 0. The number of aliphatic carboxylic acids is 1. The van der Waals surface area contributed by atoms with Gasteiger partial charge in [-0.05, 0) is 12.3 Å². The van der Waals surface area contributed by atoms with E-state index in [0.717, 1.165) is 6.42 Å². The molecule has 7 heteroatoms. The number of urea groups is 1. The zero-order valence-corrected chi connectivity index (χ0v) is 12.3. The summed E-state index contributed by atoms with van der Waals surface area (Å²) in [6.45, 7) is 5.63. The molecular formula is C13H25N3O4. The number of carboxylic acid groups (broad SMARTS) is 1. The van der Waals surface area contributed by atoms with E-state index in [1.807, 2.05) is 20.8 Å². The molecule has 0 aromatic heterocycles. The third kappa shape index (κ3) is 6.96. The molecule has 0 bridgehead atoms. The quantitative estimate of drug-likeness (QED) is 0.501. The van der Waals surface area contributed by atoms with E-state index in [0.29, 0.717) is 12.8 Å². The van der Waals surface area contributed by atoms with Crippen LogP contribution in [0.15, 0.2) is 0 Å². The van der Waals surface area contributed by atoms with Crippen molar-refractivity contribution < 1.29 is 19.5 Å². The van der Waals surface area contributed by atoms with E-state index < -0.39 is 30.0 Å². The number of amides is 3. The summed E-state index contributed by atoms with van der Waals surface area (Å²) in [6, 6.07) is -1.95. The SMILES string of the molecule is CCCC(CC(=O)O)NC(=O)C(NC(N)=O)C(C)CC. The molecule has 0 aliphatic rings. The van der Waals surface area contributed by atoms with Gasteiger partial charge in [-0.15, -0.1) is 0 Å². The van der Waals surface area contributed by atoms with Crippen molar-refractivity contribution in [2.45, 2.75) is 58.5 Å². The lowest BCUT2D eigenvalue weighted by Gasteiger charge is -2.25. The highest BCUT2D eigenvalue weighted by Gasteiger charge is 2.27. The van der Waals surface area contributed by atoms with E-state index in [-0.39, 0.29) is 12.3 Å². The molecule has 5 N–H and O–H groups in total. The predicted octanol–water partition coefficient (Wildman–Crippen LogP) is 0.829. The van der Waals surface area contributed by atoms with Crippen LogP contribution in [-0.2, 0) is 9.59 Å². The Morgan fingerprint density at radius 2 is 1.80 bits per heavy atom. The van der Waals surface area contributed by atoms with Crippen molar-refractivity contribution in [3.8, 4) is 0 Å².